The van der Waals surface area contributed by atoms with Crippen molar-refractivity contribution in [2.75, 3.05) is 6.54 Å². The van der Waals surface area contributed by atoms with Crippen LogP contribution in [0.1, 0.15) is 28.2 Å². The van der Waals surface area contributed by atoms with Gasteiger partial charge in [0, 0.05) is 13.0 Å². The van der Waals surface area contributed by atoms with Crippen molar-refractivity contribution in [1.82, 2.24) is 20.5 Å². The van der Waals surface area contributed by atoms with Crippen LogP contribution in [0.5, 0.6) is 5.75 Å². The first-order chi connectivity index (χ1) is 9.97. The minimum Gasteiger partial charge on any atom is -0.506 e. The third-order valence-electron chi connectivity index (χ3n) is 2.88. The fourth-order valence-electron chi connectivity index (χ4n) is 1.88. The maximum atomic E-state index is 12.0. The lowest BCUT2D eigenvalue weighted by Gasteiger charge is -2.08. The smallest absolute Gasteiger partial charge is 0.340 e. The van der Waals surface area contributed by atoms with E-state index in [4.69, 9.17) is 0 Å². The van der Waals surface area contributed by atoms with Crippen LogP contribution >= 0.6 is 15.9 Å². The Hall–Kier alpha value is -2.09. The molecule has 2 rings (SSSR count). The molecule has 0 unspecified atom stereocenters. The molecular formula is C13H15BrN4O3. The average molecular weight is 355 g/mol. The number of H-pyrrole nitrogens is 2. The van der Waals surface area contributed by atoms with Crippen LogP contribution in [0.3, 0.4) is 0 Å². The molecule has 1 heterocycles. The molecule has 0 aliphatic rings. The van der Waals surface area contributed by atoms with Gasteiger partial charge in [0.2, 0.25) is 0 Å². The lowest BCUT2D eigenvalue weighted by Crippen LogP contribution is -2.25. The summed E-state index contributed by atoms with van der Waals surface area (Å²) in [6, 6.07) is 3.36. The fraction of sp³-hybridized carbons (Fsp3) is 0.308. The summed E-state index contributed by atoms with van der Waals surface area (Å²) in [6.07, 6.45) is 1.17. The number of phenolic OH excluding ortho intramolecular Hbond substituents is 1. The molecule has 21 heavy (non-hydrogen) atoms. The molecule has 7 nitrogen and oxygen atoms in total. The van der Waals surface area contributed by atoms with E-state index in [1.165, 1.54) is 0 Å². The molecule has 4 N–H and O–H groups in total. The van der Waals surface area contributed by atoms with Crippen LogP contribution in [0.25, 0.3) is 0 Å². The van der Waals surface area contributed by atoms with E-state index >= 15 is 0 Å². The molecule has 0 radical (unpaired) electrons. The molecule has 0 saturated carbocycles. The molecular weight excluding hydrogens is 340 g/mol. The van der Waals surface area contributed by atoms with Gasteiger partial charge in [0.05, 0.1) is 10.0 Å². The number of aromatic nitrogens is 3. The number of hydrogen-bond acceptors (Lipinski definition) is 4. The van der Waals surface area contributed by atoms with Crippen LogP contribution in [-0.2, 0) is 6.42 Å². The number of nitrogens with zero attached hydrogens (tertiary/aromatic N) is 1. The minimum atomic E-state index is -0.344. The monoisotopic (exact) mass is 354 g/mol. The zero-order valence-electron chi connectivity index (χ0n) is 11.4. The average Bonchev–Trinajstić information content (AvgIpc) is 2.84. The number of aromatic amines is 2. The van der Waals surface area contributed by atoms with Gasteiger partial charge in [0.25, 0.3) is 5.91 Å². The standard InChI is InChI=1S/C13H15BrN4O3/c1-7-5-8(11(19)9(14)6-7)12(20)15-4-2-3-10-16-13(21)18-17-10/h5-6,19H,2-4H2,1H3,(H,15,20)(H2,16,17,18,21). The first-order valence-electron chi connectivity index (χ1n) is 6.38. The fourth-order valence-corrected chi connectivity index (χ4v) is 2.46. The molecule has 112 valence electrons. The molecule has 0 aliphatic heterocycles. The Bertz CT molecular complexity index is 708. The molecule has 0 spiro atoms. The number of aryl methyl sites for hydroxylation is 2. The summed E-state index contributed by atoms with van der Waals surface area (Å²) in [5.74, 6) is 0.137. The maximum Gasteiger partial charge on any atom is 0.340 e. The van der Waals surface area contributed by atoms with Gasteiger partial charge >= 0.3 is 5.69 Å². The minimum absolute atomic E-state index is 0.0743. The molecule has 0 saturated heterocycles. The number of rotatable bonds is 5. The number of benzene rings is 1. The maximum absolute atomic E-state index is 12.0. The van der Waals surface area contributed by atoms with E-state index in [0.29, 0.717) is 29.7 Å². The second kappa shape index (κ2) is 6.57. The predicted molar refractivity (Wildman–Crippen MR) is 80.4 cm³/mol. The van der Waals surface area contributed by atoms with Crippen molar-refractivity contribution in [3.05, 3.63) is 44.0 Å². The van der Waals surface area contributed by atoms with Crippen LogP contribution in [0.15, 0.2) is 21.4 Å². The van der Waals surface area contributed by atoms with E-state index in [2.05, 4.69) is 36.4 Å². The number of carbonyl (C=O) groups is 1. The number of aromatic hydroxyl groups is 1. The normalized spacial score (nSPS) is 10.6. The molecule has 2 aromatic rings. The molecule has 1 aromatic heterocycles. The van der Waals surface area contributed by atoms with Gasteiger partial charge in [-0.3, -0.25) is 9.78 Å². The quantitative estimate of drug-likeness (QED) is 0.605. The van der Waals surface area contributed by atoms with E-state index < -0.39 is 0 Å². The first-order valence-corrected chi connectivity index (χ1v) is 7.17. The largest absolute Gasteiger partial charge is 0.506 e. The SMILES string of the molecule is Cc1cc(Br)c(O)c(C(=O)NCCCc2n[nH]c(=O)[nH]2)c1. The van der Waals surface area contributed by atoms with Gasteiger partial charge in [0.1, 0.15) is 11.6 Å². The first kappa shape index (κ1) is 15.3. The molecule has 1 aromatic carbocycles. The summed E-state index contributed by atoms with van der Waals surface area (Å²) in [7, 11) is 0. The molecule has 0 bridgehead atoms. The van der Waals surface area contributed by atoms with Crippen molar-refractivity contribution >= 4 is 21.8 Å². The van der Waals surface area contributed by atoms with Gasteiger partial charge in [-0.2, -0.15) is 5.10 Å². The van der Waals surface area contributed by atoms with Crippen LogP contribution in [0, 0.1) is 6.92 Å². The third kappa shape index (κ3) is 3.94. The van der Waals surface area contributed by atoms with Crippen LogP contribution in [0.2, 0.25) is 0 Å². The molecule has 8 heteroatoms. The van der Waals surface area contributed by atoms with Gasteiger partial charge in [-0.1, -0.05) is 0 Å². The number of phenols is 1. The van der Waals surface area contributed by atoms with Crippen molar-refractivity contribution in [3.8, 4) is 5.75 Å². The second-order valence-electron chi connectivity index (χ2n) is 4.63. The Labute approximate surface area is 128 Å². The van der Waals surface area contributed by atoms with E-state index in [9.17, 15) is 14.7 Å². The van der Waals surface area contributed by atoms with Gasteiger partial charge < -0.3 is 10.4 Å². The van der Waals surface area contributed by atoms with Gasteiger partial charge in [0.15, 0.2) is 0 Å². The number of carbonyl (C=O) groups excluding carboxylic acids is 1. The number of halogens is 1. The second-order valence-corrected chi connectivity index (χ2v) is 5.48. The Kier molecular flexibility index (Phi) is 4.79. The third-order valence-corrected chi connectivity index (χ3v) is 3.48. The van der Waals surface area contributed by atoms with Crippen LogP contribution in [0.4, 0.5) is 0 Å². The van der Waals surface area contributed by atoms with E-state index in [0.717, 1.165) is 5.56 Å². The van der Waals surface area contributed by atoms with E-state index in [-0.39, 0.29) is 22.9 Å². The van der Waals surface area contributed by atoms with Crippen LogP contribution < -0.4 is 11.0 Å². The summed E-state index contributed by atoms with van der Waals surface area (Å²) >= 11 is 3.20. The summed E-state index contributed by atoms with van der Waals surface area (Å²) in [5.41, 5.74) is 0.762. The predicted octanol–water partition coefficient (Wildman–Crippen LogP) is 1.24. The van der Waals surface area contributed by atoms with Gasteiger partial charge in [-0.25, -0.2) is 9.89 Å². The van der Waals surface area contributed by atoms with Crippen molar-refractivity contribution < 1.29 is 9.90 Å². The lowest BCUT2D eigenvalue weighted by atomic mass is 10.1. The zero-order valence-corrected chi connectivity index (χ0v) is 13.0. The van der Waals surface area contributed by atoms with Crippen molar-refractivity contribution in [2.24, 2.45) is 0 Å². The summed E-state index contributed by atoms with van der Waals surface area (Å²) < 4.78 is 0.488. The summed E-state index contributed by atoms with van der Waals surface area (Å²) in [5, 5.41) is 18.6. The van der Waals surface area contributed by atoms with Crippen LogP contribution in [-0.4, -0.2) is 32.7 Å². The highest BCUT2D eigenvalue weighted by Crippen LogP contribution is 2.29. The topological polar surface area (TPSA) is 111 Å². The highest BCUT2D eigenvalue weighted by molar-refractivity contribution is 9.10. The van der Waals surface area contributed by atoms with Gasteiger partial charge in [-0.05, 0) is 47.0 Å². The molecule has 1 amide bonds. The number of amides is 1. The molecule has 0 atom stereocenters. The highest BCUT2D eigenvalue weighted by Gasteiger charge is 2.14. The Morgan fingerprint density at radius 2 is 2.24 bits per heavy atom. The molecule has 0 fully saturated rings. The summed E-state index contributed by atoms with van der Waals surface area (Å²) in [6.45, 7) is 2.26. The van der Waals surface area contributed by atoms with E-state index in [1.54, 1.807) is 12.1 Å². The summed E-state index contributed by atoms with van der Waals surface area (Å²) in [4.78, 5) is 25.4. The zero-order chi connectivity index (χ0) is 15.4. The molecule has 0 aliphatic carbocycles. The van der Waals surface area contributed by atoms with Crippen molar-refractivity contribution in [1.29, 1.82) is 0 Å². The Morgan fingerprint density at radius 3 is 2.90 bits per heavy atom. The van der Waals surface area contributed by atoms with Gasteiger partial charge in [-0.15, -0.1) is 0 Å². The van der Waals surface area contributed by atoms with E-state index in [1.807, 2.05) is 6.92 Å². The Morgan fingerprint density at radius 1 is 1.48 bits per heavy atom. The number of hydrogen-bond donors (Lipinski definition) is 4. The van der Waals surface area contributed by atoms with Crippen molar-refractivity contribution in [2.45, 2.75) is 19.8 Å². The Balaban J connectivity index is 1.89. The lowest BCUT2D eigenvalue weighted by molar-refractivity contribution is 0.0950. The number of nitrogens with one attached hydrogen (secondary N) is 3. The highest BCUT2D eigenvalue weighted by atomic mass is 79.9. The van der Waals surface area contributed by atoms with Crippen molar-refractivity contribution in [3.63, 3.8) is 0 Å².